The van der Waals surface area contributed by atoms with Gasteiger partial charge in [-0.2, -0.15) is 4.68 Å². The van der Waals surface area contributed by atoms with Crippen LogP contribution < -0.4 is 0 Å². The van der Waals surface area contributed by atoms with E-state index in [0.717, 1.165) is 52.1 Å². The zero-order chi connectivity index (χ0) is 23.2. The molecule has 34 heavy (non-hydrogen) atoms. The molecule has 3 aliphatic rings. The second-order valence-corrected chi connectivity index (χ2v) is 12.5. The molecule has 0 radical (unpaired) electrons. The molecule has 1 heterocycles. The number of hydrogen-bond donors (Lipinski definition) is 0. The third kappa shape index (κ3) is 6.06. The van der Waals surface area contributed by atoms with Gasteiger partial charge in [0.1, 0.15) is 0 Å². The Morgan fingerprint density at radius 2 is 1.26 bits per heavy atom. The molecule has 0 amide bonds. The van der Waals surface area contributed by atoms with Crippen molar-refractivity contribution in [2.75, 3.05) is 5.75 Å². The lowest BCUT2D eigenvalue weighted by Gasteiger charge is -2.41. The highest BCUT2D eigenvalue weighted by atomic mass is 32.2. The van der Waals surface area contributed by atoms with Gasteiger partial charge in [-0.1, -0.05) is 62.6 Å². The summed E-state index contributed by atoms with van der Waals surface area (Å²) in [6.45, 7) is 2.36. The fraction of sp³-hybridized carbons (Fsp3) is 0.759. The minimum absolute atomic E-state index is 0.816. The molecular weight excluding hydrogens is 436 g/mol. The van der Waals surface area contributed by atoms with Crippen LogP contribution in [0.3, 0.4) is 0 Å². The lowest BCUT2D eigenvalue weighted by atomic mass is 9.65. The molecule has 186 valence electrons. The summed E-state index contributed by atoms with van der Waals surface area (Å²) in [6.07, 6.45) is 20.8. The normalized spacial score (nSPS) is 32.5. The van der Waals surface area contributed by atoms with Gasteiger partial charge in [0.15, 0.2) is 0 Å². The summed E-state index contributed by atoms with van der Waals surface area (Å²) in [6, 6.07) is 10.2. The number of thioether (sulfide) groups is 1. The van der Waals surface area contributed by atoms with Gasteiger partial charge in [0.2, 0.25) is 5.16 Å². The highest BCUT2D eigenvalue weighted by molar-refractivity contribution is 7.99. The molecule has 2 aromatic rings. The number of nitrogens with zero attached hydrogens (tertiary/aromatic N) is 4. The summed E-state index contributed by atoms with van der Waals surface area (Å²) in [5.41, 5.74) is 1.04. The van der Waals surface area contributed by atoms with Gasteiger partial charge in [0, 0.05) is 5.75 Å². The van der Waals surface area contributed by atoms with E-state index in [1.165, 1.54) is 89.9 Å². The molecule has 0 bridgehead atoms. The van der Waals surface area contributed by atoms with Crippen molar-refractivity contribution >= 4 is 11.8 Å². The van der Waals surface area contributed by atoms with Crippen LogP contribution in [0.4, 0.5) is 0 Å². The number of benzene rings is 1. The van der Waals surface area contributed by atoms with Gasteiger partial charge in [0.25, 0.3) is 0 Å². The Hall–Kier alpha value is -1.36. The van der Waals surface area contributed by atoms with Gasteiger partial charge >= 0.3 is 0 Å². The molecule has 0 atom stereocenters. The maximum Gasteiger partial charge on any atom is 0.214 e. The lowest BCUT2D eigenvalue weighted by Crippen LogP contribution is -2.30. The maximum absolute atomic E-state index is 4.29. The second-order valence-electron chi connectivity index (χ2n) is 11.5. The van der Waals surface area contributed by atoms with Gasteiger partial charge in [-0.25, -0.2) is 0 Å². The number of tetrazole rings is 1. The molecule has 3 fully saturated rings. The first kappa shape index (κ1) is 24.3. The number of hydrogen-bond acceptors (Lipinski definition) is 4. The smallest absolute Gasteiger partial charge is 0.188 e. The molecule has 4 nitrogen and oxygen atoms in total. The summed E-state index contributed by atoms with van der Waals surface area (Å²) in [5, 5.41) is 13.4. The van der Waals surface area contributed by atoms with Gasteiger partial charge < -0.3 is 0 Å². The summed E-state index contributed by atoms with van der Waals surface area (Å²) >= 11 is 1.84. The van der Waals surface area contributed by atoms with E-state index >= 15 is 0 Å². The quantitative estimate of drug-likeness (QED) is 0.359. The molecule has 3 saturated carbocycles. The lowest BCUT2D eigenvalue weighted by molar-refractivity contribution is 0.105. The van der Waals surface area contributed by atoms with Gasteiger partial charge in [0.05, 0.1) is 5.69 Å². The zero-order valence-corrected chi connectivity index (χ0v) is 22.0. The van der Waals surface area contributed by atoms with E-state index in [1.807, 2.05) is 34.6 Å². The van der Waals surface area contributed by atoms with Crippen LogP contribution in [0.1, 0.15) is 96.8 Å². The molecule has 0 aliphatic heterocycles. The Kier molecular flexibility index (Phi) is 8.63. The van der Waals surface area contributed by atoms with Crippen molar-refractivity contribution in [2.45, 2.75) is 102 Å². The topological polar surface area (TPSA) is 43.6 Å². The van der Waals surface area contributed by atoms with E-state index in [4.69, 9.17) is 0 Å². The van der Waals surface area contributed by atoms with E-state index in [-0.39, 0.29) is 0 Å². The van der Waals surface area contributed by atoms with Crippen molar-refractivity contribution in [1.29, 1.82) is 0 Å². The van der Waals surface area contributed by atoms with Gasteiger partial charge in [-0.05, 0) is 122 Å². The Bertz CT molecular complexity index is 844. The number of rotatable bonds is 8. The SMILES string of the molecule is CCCC1CCC(C2CCC(C3CCC(CSc4nnnn4-c4ccccc4)CC3)CC2)CC1. The standard InChI is InChI=1S/C29H44N4S/c1-2-6-22-9-13-24(14-10-22)26-17-19-27(20-18-26)25-15-11-23(12-16-25)21-34-29-30-31-32-33(29)28-7-4-3-5-8-28/h3-5,7-8,22-27H,2,6,9-21H2,1H3. The zero-order valence-electron chi connectivity index (χ0n) is 21.2. The fourth-order valence-electron chi connectivity index (χ4n) is 7.46. The molecule has 5 heteroatoms. The number of aromatic nitrogens is 4. The first-order valence-corrected chi connectivity index (χ1v) is 15.2. The van der Waals surface area contributed by atoms with Crippen LogP contribution in [0, 0.1) is 35.5 Å². The Morgan fingerprint density at radius 1 is 0.735 bits per heavy atom. The molecule has 1 aromatic carbocycles. The van der Waals surface area contributed by atoms with Crippen LogP contribution >= 0.6 is 11.8 Å². The Labute approximate surface area is 211 Å². The predicted octanol–water partition coefficient (Wildman–Crippen LogP) is 7.97. The average Bonchev–Trinajstić information content (AvgIpc) is 3.38. The average molecular weight is 481 g/mol. The monoisotopic (exact) mass is 480 g/mol. The van der Waals surface area contributed by atoms with Crippen LogP contribution in [-0.4, -0.2) is 26.0 Å². The van der Waals surface area contributed by atoms with Crippen molar-refractivity contribution < 1.29 is 0 Å². The van der Waals surface area contributed by atoms with E-state index in [0.29, 0.717) is 0 Å². The van der Waals surface area contributed by atoms with Crippen LogP contribution in [0.15, 0.2) is 35.5 Å². The Morgan fingerprint density at radius 3 is 1.82 bits per heavy atom. The molecule has 0 spiro atoms. The van der Waals surface area contributed by atoms with Crippen LogP contribution in [0.5, 0.6) is 0 Å². The maximum atomic E-state index is 4.29. The van der Waals surface area contributed by atoms with Crippen molar-refractivity contribution in [3.8, 4) is 5.69 Å². The van der Waals surface area contributed by atoms with Crippen molar-refractivity contribution in [3.05, 3.63) is 30.3 Å². The van der Waals surface area contributed by atoms with E-state index in [9.17, 15) is 0 Å². The molecule has 0 N–H and O–H groups in total. The largest absolute Gasteiger partial charge is 0.214 e. The van der Waals surface area contributed by atoms with Crippen LogP contribution in [-0.2, 0) is 0 Å². The van der Waals surface area contributed by atoms with Crippen molar-refractivity contribution in [2.24, 2.45) is 35.5 Å². The second kappa shape index (κ2) is 12.1. The van der Waals surface area contributed by atoms with E-state index in [1.54, 1.807) is 0 Å². The van der Waals surface area contributed by atoms with Crippen LogP contribution in [0.2, 0.25) is 0 Å². The highest BCUT2D eigenvalue weighted by Crippen LogP contribution is 2.46. The molecule has 0 unspecified atom stereocenters. The number of para-hydroxylation sites is 1. The fourth-order valence-corrected chi connectivity index (χ4v) is 8.54. The van der Waals surface area contributed by atoms with Gasteiger partial charge in [-0.3, -0.25) is 0 Å². The Balaban J connectivity index is 1.02. The third-order valence-corrected chi connectivity index (χ3v) is 10.7. The van der Waals surface area contributed by atoms with Crippen molar-refractivity contribution in [3.63, 3.8) is 0 Å². The predicted molar refractivity (Wildman–Crippen MR) is 141 cm³/mol. The van der Waals surface area contributed by atoms with Gasteiger partial charge in [-0.15, -0.1) is 5.10 Å². The first-order chi connectivity index (χ1) is 16.8. The third-order valence-electron chi connectivity index (χ3n) is 9.52. The van der Waals surface area contributed by atoms with E-state index < -0.39 is 0 Å². The summed E-state index contributed by atoms with van der Waals surface area (Å²) in [7, 11) is 0. The molecular formula is C29H44N4S. The minimum Gasteiger partial charge on any atom is -0.188 e. The molecule has 1 aromatic heterocycles. The summed E-state index contributed by atoms with van der Waals surface area (Å²) < 4.78 is 1.88. The molecule has 0 saturated heterocycles. The van der Waals surface area contributed by atoms with Crippen LogP contribution in [0.25, 0.3) is 5.69 Å². The van der Waals surface area contributed by atoms with E-state index in [2.05, 4.69) is 34.6 Å². The summed E-state index contributed by atoms with van der Waals surface area (Å²) in [5.74, 6) is 7.15. The highest BCUT2D eigenvalue weighted by Gasteiger charge is 2.34. The molecule has 3 aliphatic carbocycles. The summed E-state index contributed by atoms with van der Waals surface area (Å²) in [4.78, 5) is 0. The van der Waals surface area contributed by atoms with Crippen molar-refractivity contribution in [1.82, 2.24) is 20.2 Å². The molecule has 5 rings (SSSR count). The first-order valence-electron chi connectivity index (χ1n) is 14.3. The minimum atomic E-state index is 0.816.